The summed E-state index contributed by atoms with van der Waals surface area (Å²) >= 11 is -2.82. The zero-order valence-electron chi connectivity index (χ0n) is 19.3. The van der Waals surface area contributed by atoms with Gasteiger partial charge in [0.1, 0.15) is 0 Å². The van der Waals surface area contributed by atoms with Crippen LogP contribution in [0.1, 0.15) is 61.0 Å². The number of benzene rings is 1. The van der Waals surface area contributed by atoms with E-state index in [0.29, 0.717) is 11.8 Å². The second-order valence-corrected chi connectivity index (χ2v) is 24.9. The Balaban J connectivity index is 0.00000210. The Hall–Kier alpha value is -0.140. The van der Waals surface area contributed by atoms with Crippen molar-refractivity contribution in [2.45, 2.75) is 59.5 Å². The van der Waals surface area contributed by atoms with Crippen LogP contribution in [0.2, 0.25) is 0 Å². The first-order valence-corrected chi connectivity index (χ1v) is 20.4. The molecule has 0 bridgehead atoms. The van der Waals surface area contributed by atoms with Gasteiger partial charge in [-0.25, -0.2) is 0 Å². The van der Waals surface area contributed by atoms with Crippen molar-refractivity contribution in [2.75, 3.05) is 0 Å². The quantitative estimate of drug-likeness (QED) is 0.362. The van der Waals surface area contributed by atoms with Gasteiger partial charge in [0.25, 0.3) is 0 Å². The molecule has 1 aromatic rings. The number of rotatable bonds is 4. The minimum absolute atomic E-state index is 0. The summed E-state index contributed by atoms with van der Waals surface area (Å²) in [6.45, 7) is 21.6. The Morgan fingerprint density at radius 2 is 1.07 bits per heavy atom. The van der Waals surface area contributed by atoms with Gasteiger partial charge >= 0.3 is 173 Å². The Morgan fingerprint density at radius 3 is 1.38 bits per heavy atom. The molecule has 0 nitrogen and oxygen atoms in total. The molecule has 2 unspecified atom stereocenters. The molecule has 0 saturated carbocycles. The third-order valence-electron chi connectivity index (χ3n) is 7.66. The van der Waals surface area contributed by atoms with Crippen LogP contribution < -0.4 is 0 Å². The van der Waals surface area contributed by atoms with Crippen molar-refractivity contribution in [1.82, 2.24) is 0 Å². The fourth-order valence-electron chi connectivity index (χ4n) is 5.55. The zero-order valence-corrected chi connectivity index (χ0v) is 24.8. The van der Waals surface area contributed by atoms with Crippen molar-refractivity contribution < 1.29 is 18.9 Å². The molecule has 0 amide bonds. The molecule has 0 aromatic heterocycles. The van der Waals surface area contributed by atoms with E-state index in [0.717, 1.165) is 0 Å². The summed E-state index contributed by atoms with van der Waals surface area (Å²) < 4.78 is 5.03. The maximum Gasteiger partial charge on any atom is -0.147 e. The van der Waals surface area contributed by atoms with E-state index in [4.69, 9.17) is 0 Å². The predicted molar refractivity (Wildman–Crippen MR) is 134 cm³/mol. The maximum absolute atomic E-state index is 2.82. The summed E-state index contributed by atoms with van der Waals surface area (Å²) in [4.78, 5) is 0. The largest absolute Gasteiger partial charge is 0.147 e. The van der Waals surface area contributed by atoms with Crippen molar-refractivity contribution in [3.63, 3.8) is 0 Å². The van der Waals surface area contributed by atoms with Gasteiger partial charge in [0.15, 0.2) is 0 Å². The van der Waals surface area contributed by atoms with Crippen molar-refractivity contribution >= 4 is 31.7 Å². The molecule has 0 heterocycles. The molecule has 0 spiro atoms. The SMILES string of the molecule is CC1=C(C)C(C)[C]([Zr](=[SiH2])([CH2]c2ccccc2)[C]2=C(C)C(C)=C(C)C2C)=C1C.Cl.Cl. The normalized spacial score (nSPS) is 24.0. The first-order valence-electron chi connectivity index (χ1n) is 10.3. The summed E-state index contributed by atoms with van der Waals surface area (Å²) in [5, 5.41) is 0. The van der Waals surface area contributed by atoms with E-state index in [1.54, 1.807) is 33.4 Å². The third kappa shape index (κ3) is 4.43. The van der Waals surface area contributed by atoms with Crippen LogP contribution in [-0.4, -0.2) is 6.88 Å². The summed E-state index contributed by atoms with van der Waals surface area (Å²) in [5.41, 5.74) is 11.1. The van der Waals surface area contributed by atoms with Gasteiger partial charge in [0.05, 0.1) is 0 Å². The number of hydrogen-bond donors (Lipinski definition) is 0. The minimum Gasteiger partial charge on any atom is -0.147 e. The van der Waals surface area contributed by atoms with Crippen LogP contribution in [0.15, 0.2) is 70.3 Å². The van der Waals surface area contributed by atoms with Crippen LogP contribution >= 0.6 is 24.8 Å². The van der Waals surface area contributed by atoms with Crippen molar-refractivity contribution in [3.05, 3.63) is 75.9 Å². The molecule has 1 aromatic carbocycles. The molecule has 2 aliphatic rings. The van der Waals surface area contributed by atoms with E-state index in [9.17, 15) is 0 Å². The molecule has 0 saturated heterocycles. The van der Waals surface area contributed by atoms with Gasteiger partial charge in [-0.2, -0.15) is 0 Å². The average Bonchev–Trinajstić information content (AvgIpc) is 2.96. The van der Waals surface area contributed by atoms with Crippen LogP contribution in [0.4, 0.5) is 0 Å². The summed E-state index contributed by atoms with van der Waals surface area (Å²) in [6.07, 6.45) is 0. The molecule has 159 valence electrons. The van der Waals surface area contributed by atoms with Gasteiger partial charge in [0.2, 0.25) is 0 Å². The van der Waals surface area contributed by atoms with Crippen LogP contribution in [0.25, 0.3) is 0 Å². The van der Waals surface area contributed by atoms with E-state index in [1.165, 1.54) is 9.69 Å². The number of halogens is 2. The van der Waals surface area contributed by atoms with E-state index < -0.39 is 18.9 Å². The van der Waals surface area contributed by atoms with E-state index >= 15 is 0 Å². The van der Waals surface area contributed by atoms with Gasteiger partial charge in [-0.1, -0.05) is 0 Å². The molecular formula is C25H37Cl2SiZr. The van der Waals surface area contributed by atoms with Crippen molar-refractivity contribution in [2.24, 2.45) is 11.8 Å². The summed E-state index contributed by atoms with van der Waals surface area (Å²) in [6, 6.07) is 11.3. The predicted octanol–water partition coefficient (Wildman–Crippen LogP) is 7.25. The Kier molecular flexibility index (Phi) is 9.26. The third-order valence-corrected chi connectivity index (χ3v) is 25.2. The zero-order chi connectivity index (χ0) is 20.1. The summed E-state index contributed by atoms with van der Waals surface area (Å²) in [7, 11) is 0. The van der Waals surface area contributed by atoms with E-state index in [1.807, 2.05) is 6.56 Å². The number of allylic oxidation sites excluding steroid dienone is 8. The van der Waals surface area contributed by atoms with Crippen LogP contribution in [0, 0.1) is 11.8 Å². The maximum atomic E-state index is 2.47. The standard InChI is InChI=1S/2C9H13.C7H7.2ClH.H2Si.Zr/c2*1-6-5-7(2)9(4)8(6)3;1-7-5-3-2-4-6-7;;;;/h2*6H,1-4H3;2-6H,1H2;2*1H;1H2;. The topological polar surface area (TPSA) is 0 Å². The number of hydrogen-bond acceptors (Lipinski definition) is 0. The minimum atomic E-state index is -2.82. The van der Waals surface area contributed by atoms with Crippen molar-refractivity contribution in [3.8, 4) is 0 Å². The fraction of sp³-hybridized carbons (Fsp3) is 0.440. The van der Waals surface area contributed by atoms with Gasteiger partial charge < -0.3 is 0 Å². The molecule has 4 heteroatoms. The van der Waals surface area contributed by atoms with E-state index in [2.05, 4.69) is 92.6 Å². The fourth-order valence-corrected chi connectivity index (χ4v) is 27.6. The van der Waals surface area contributed by atoms with Crippen molar-refractivity contribution in [1.29, 1.82) is 0 Å². The molecule has 2 atom stereocenters. The Bertz CT molecular complexity index is 908. The van der Waals surface area contributed by atoms with Crippen LogP contribution in [-0.2, 0) is 23.0 Å². The van der Waals surface area contributed by atoms with E-state index in [-0.39, 0.29) is 24.8 Å². The molecule has 0 radical (unpaired) electrons. The molecule has 0 aliphatic heterocycles. The smallest absolute Gasteiger partial charge is 0.147 e. The molecule has 3 rings (SSSR count). The van der Waals surface area contributed by atoms with Crippen LogP contribution in [0.3, 0.4) is 0 Å². The van der Waals surface area contributed by atoms with Gasteiger partial charge in [-0.3, -0.25) is 0 Å². The molecule has 0 fully saturated rings. The monoisotopic (exact) mass is 525 g/mol. The molecular weight excluding hydrogens is 490 g/mol. The molecule has 0 N–H and O–H groups in total. The first kappa shape index (κ1) is 26.9. The Labute approximate surface area is 196 Å². The molecule has 29 heavy (non-hydrogen) atoms. The van der Waals surface area contributed by atoms with Gasteiger partial charge in [-0.05, 0) is 0 Å². The first-order chi connectivity index (χ1) is 12.6. The second-order valence-electron chi connectivity index (χ2n) is 8.88. The Morgan fingerprint density at radius 1 is 0.690 bits per heavy atom. The second kappa shape index (κ2) is 9.99. The molecule has 2 aliphatic carbocycles. The average molecular weight is 528 g/mol. The van der Waals surface area contributed by atoms with Gasteiger partial charge in [0, 0.05) is 0 Å². The summed E-state index contributed by atoms with van der Waals surface area (Å²) in [5.74, 6) is 1.24. The van der Waals surface area contributed by atoms with Gasteiger partial charge in [-0.15, -0.1) is 24.8 Å². The van der Waals surface area contributed by atoms with Crippen LogP contribution in [0.5, 0.6) is 0 Å².